The molecule has 1 aromatic carbocycles. The molecule has 0 N–H and O–H groups in total. The average molecular weight is 1100 g/mol. The first-order valence-corrected chi connectivity index (χ1v) is 26.3. The SMILES string of the molecule is CC[C@H]1OC(=O)C[C@@H](OC(=O)Cc2ccc([N+](=O)[O-])cc2)[C@H](C)[C@@H](O[C@H]2O[C@@H](C)[C@H](OC(C)=O)[C@@H](N(C)C)[C@@H]2OC(C)=O)[C@@H](C/C=C/C(C)=O)C[C@@H](C)C(=O)/C=C/C(C)=C/[C@@H]1CO[C@@H]1O[C@H](C)[C@@H](OC(C)=O)[C@@H](OC)[C@H]1OC. The number of esters is 5. The molecule has 22 nitrogen and oxygen atoms in total. The molecule has 78 heavy (non-hydrogen) atoms. The Hall–Kier alpha value is -5.75. The molecule has 0 aromatic heterocycles. The number of hydrogen-bond acceptors (Lipinski definition) is 21. The van der Waals surface area contributed by atoms with Crippen LogP contribution in [-0.2, 0) is 92.1 Å². The van der Waals surface area contributed by atoms with E-state index in [2.05, 4.69) is 0 Å². The maximum Gasteiger partial charge on any atom is 0.310 e. The van der Waals surface area contributed by atoms with Gasteiger partial charge >= 0.3 is 29.8 Å². The largest absolute Gasteiger partial charge is 0.462 e. The molecule has 3 aliphatic heterocycles. The third-order valence-electron chi connectivity index (χ3n) is 14.1. The van der Waals surface area contributed by atoms with Gasteiger partial charge in [-0.3, -0.25) is 48.6 Å². The first-order chi connectivity index (χ1) is 36.8. The molecule has 4 rings (SSSR count). The number of benzene rings is 1. The number of nitrogens with zero attached hydrogens (tertiary/aromatic N) is 2. The summed E-state index contributed by atoms with van der Waals surface area (Å²) in [6.45, 7) is 15.4. The molecule has 22 heteroatoms. The molecule has 2 fully saturated rings. The van der Waals surface area contributed by atoms with Crippen molar-refractivity contribution in [1.82, 2.24) is 4.90 Å². The lowest BCUT2D eigenvalue weighted by Crippen LogP contribution is -2.65. The van der Waals surface area contributed by atoms with Gasteiger partial charge in [0.05, 0.1) is 48.7 Å². The Morgan fingerprint density at radius 3 is 1.94 bits per heavy atom. The highest BCUT2D eigenvalue weighted by molar-refractivity contribution is 5.92. The van der Waals surface area contributed by atoms with Crippen LogP contribution in [0.15, 0.2) is 60.2 Å². The van der Waals surface area contributed by atoms with Gasteiger partial charge in [-0.2, -0.15) is 0 Å². The molecule has 0 unspecified atom stereocenters. The molecular weight excluding hydrogens is 1020 g/mol. The normalized spacial score (nSPS) is 33.5. The zero-order valence-electron chi connectivity index (χ0n) is 47.3. The predicted molar refractivity (Wildman–Crippen MR) is 279 cm³/mol. The summed E-state index contributed by atoms with van der Waals surface area (Å²) < 4.78 is 67.5. The number of nitro benzene ring substituents is 1. The lowest BCUT2D eigenvalue weighted by atomic mass is 9.79. The van der Waals surface area contributed by atoms with E-state index in [4.69, 9.17) is 52.1 Å². The van der Waals surface area contributed by atoms with Gasteiger partial charge < -0.3 is 52.1 Å². The quantitative estimate of drug-likeness (QED) is 0.0511. The highest BCUT2D eigenvalue weighted by Gasteiger charge is 2.52. The zero-order chi connectivity index (χ0) is 58.1. The second-order valence-corrected chi connectivity index (χ2v) is 20.5. The van der Waals surface area contributed by atoms with Crippen molar-refractivity contribution < 1.29 is 90.6 Å². The van der Waals surface area contributed by atoms with Crippen molar-refractivity contribution in [3.8, 4) is 0 Å². The van der Waals surface area contributed by atoms with Gasteiger partial charge in [0.1, 0.15) is 30.5 Å². The number of hydrogen-bond donors (Lipinski definition) is 0. The van der Waals surface area contributed by atoms with Crippen LogP contribution in [0.4, 0.5) is 5.69 Å². The van der Waals surface area contributed by atoms with Crippen molar-refractivity contribution in [2.75, 3.05) is 34.9 Å². The van der Waals surface area contributed by atoms with Crippen molar-refractivity contribution in [2.24, 2.45) is 23.7 Å². The minimum Gasteiger partial charge on any atom is -0.462 e. The van der Waals surface area contributed by atoms with Gasteiger partial charge in [-0.1, -0.05) is 56.7 Å². The van der Waals surface area contributed by atoms with E-state index in [-0.39, 0.29) is 49.5 Å². The number of carbonyl (C=O) groups excluding carboxylic acids is 7. The molecule has 0 radical (unpaired) electrons. The molecule has 0 saturated carbocycles. The van der Waals surface area contributed by atoms with Gasteiger partial charge in [-0.25, -0.2) is 0 Å². The van der Waals surface area contributed by atoms with Crippen molar-refractivity contribution in [3.63, 3.8) is 0 Å². The second kappa shape index (κ2) is 30.6. The van der Waals surface area contributed by atoms with E-state index >= 15 is 0 Å². The van der Waals surface area contributed by atoms with Gasteiger partial charge in [0.15, 0.2) is 36.4 Å². The number of non-ortho nitro benzene ring substituents is 1. The Balaban J connectivity index is 1.89. The third kappa shape index (κ3) is 18.7. The van der Waals surface area contributed by atoms with Gasteiger partial charge in [-0.05, 0) is 84.7 Å². The fourth-order valence-corrected chi connectivity index (χ4v) is 10.3. The van der Waals surface area contributed by atoms with E-state index in [9.17, 15) is 43.7 Å². The Labute approximate surface area is 456 Å². The standard InChI is InChI=1S/C56H80N2O20/c1-15-44-41(29-70-55-54(69-14)53(68-13)51(35(7)71-55)74-37(9)61)25-30(2)19-24-43(63)31(3)26-40(18-16-17-32(4)59)49(78-56-52(75-38(10)62)48(57(11)12)50(34(6)72-56)73-36(8)60)33(5)45(28-47(65)76-44)77-46(64)27-39-20-22-42(23-21-39)58(66)67/h16-17,19-25,31,33-35,40-41,44-45,48-56H,15,18,26-29H2,1-14H3/b17-16+,24-19+,30-25+/t31-,33+,34+,35-,40+,41-,44-,45-,48-,49-,50+,51-,52+,53-,54-,55-,56-/m1/s1. The van der Waals surface area contributed by atoms with Gasteiger partial charge in [0.25, 0.3) is 5.69 Å². The minimum atomic E-state index is -1.40. The third-order valence-corrected chi connectivity index (χ3v) is 14.1. The van der Waals surface area contributed by atoms with Crippen LogP contribution >= 0.6 is 0 Å². The van der Waals surface area contributed by atoms with Crippen molar-refractivity contribution in [3.05, 3.63) is 75.9 Å². The molecule has 3 heterocycles. The van der Waals surface area contributed by atoms with Crippen LogP contribution in [0.3, 0.4) is 0 Å². The number of carbonyl (C=O) groups is 7. The number of cyclic esters (lactones) is 1. The maximum absolute atomic E-state index is 14.7. The van der Waals surface area contributed by atoms with Crippen LogP contribution in [0.25, 0.3) is 0 Å². The summed E-state index contributed by atoms with van der Waals surface area (Å²) in [5, 5.41) is 11.4. The zero-order valence-corrected chi connectivity index (χ0v) is 47.3. The molecule has 0 aliphatic carbocycles. The molecule has 0 bridgehead atoms. The summed E-state index contributed by atoms with van der Waals surface area (Å²) in [6, 6.07) is 4.50. The fourth-order valence-electron chi connectivity index (χ4n) is 10.3. The predicted octanol–water partition coefficient (Wildman–Crippen LogP) is 5.92. The molecule has 2 saturated heterocycles. The summed E-state index contributed by atoms with van der Waals surface area (Å²) >= 11 is 0. The Kier molecular flexibility index (Phi) is 25.4. The van der Waals surface area contributed by atoms with Crippen molar-refractivity contribution in [1.29, 1.82) is 0 Å². The summed E-state index contributed by atoms with van der Waals surface area (Å²) in [4.78, 5) is 105. The second-order valence-electron chi connectivity index (χ2n) is 20.5. The number of rotatable bonds is 19. The van der Waals surface area contributed by atoms with Crippen LogP contribution < -0.4 is 0 Å². The first-order valence-electron chi connectivity index (χ1n) is 26.3. The average Bonchev–Trinajstić information content (AvgIpc) is 3.35. The van der Waals surface area contributed by atoms with E-state index in [1.54, 1.807) is 72.7 Å². The van der Waals surface area contributed by atoms with Crippen LogP contribution in [0.1, 0.15) is 100 Å². The highest BCUT2D eigenvalue weighted by atomic mass is 16.7. The van der Waals surface area contributed by atoms with Gasteiger partial charge in [0.2, 0.25) is 0 Å². The number of ketones is 2. The van der Waals surface area contributed by atoms with Gasteiger partial charge in [0, 0.05) is 64.9 Å². The highest BCUT2D eigenvalue weighted by Crippen LogP contribution is 2.38. The summed E-state index contributed by atoms with van der Waals surface area (Å²) in [5.74, 6) is -7.04. The summed E-state index contributed by atoms with van der Waals surface area (Å²) in [6.07, 6.45) is -4.51. The van der Waals surface area contributed by atoms with E-state index in [0.717, 1.165) is 0 Å². The lowest BCUT2D eigenvalue weighted by Gasteiger charge is -2.48. The molecule has 1 aromatic rings. The maximum atomic E-state index is 14.7. The molecule has 0 amide bonds. The van der Waals surface area contributed by atoms with Crippen molar-refractivity contribution >= 4 is 47.1 Å². The van der Waals surface area contributed by atoms with Crippen LogP contribution in [0, 0.1) is 33.8 Å². The van der Waals surface area contributed by atoms with Crippen LogP contribution in [0.2, 0.25) is 0 Å². The Bertz CT molecular complexity index is 2320. The molecule has 17 atom stereocenters. The first kappa shape index (κ1) is 64.8. The number of ether oxygens (including phenoxy) is 11. The van der Waals surface area contributed by atoms with E-state index < -0.39 is 145 Å². The minimum absolute atomic E-state index is 0.112. The number of allylic oxidation sites excluding steroid dienone is 5. The number of methoxy groups -OCH3 is 2. The topological polar surface area (TPSA) is 267 Å². The van der Waals surface area contributed by atoms with E-state index in [1.165, 1.54) is 78.3 Å². The van der Waals surface area contributed by atoms with Crippen LogP contribution in [-0.4, -0.2) is 166 Å². The van der Waals surface area contributed by atoms with Crippen LogP contribution in [0.5, 0.6) is 0 Å². The Morgan fingerprint density at radius 1 is 0.782 bits per heavy atom. The van der Waals surface area contributed by atoms with Crippen molar-refractivity contribution in [2.45, 2.75) is 181 Å². The molecular formula is C56H80N2O20. The molecule has 3 aliphatic rings. The number of nitro groups is 1. The van der Waals surface area contributed by atoms with Gasteiger partial charge in [-0.15, -0.1) is 0 Å². The lowest BCUT2D eigenvalue weighted by molar-refractivity contribution is -0.384. The molecule has 434 valence electrons. The summed E-state index contributed by atoms with van der Waals surface area (Å²) in [5.41, 5.74) is 0.803. The fraction of sp³-hybridized carbons (Fsp3) is 0.661. The monoisotopic (exact) mass is 1100 g/mol. The smallest absolute Gasteiger partial charge is 0.310 e. The Morgan fingerprint density at radius 2 is 1.37 bits per heavy atom. The summed E-state index contributed by atoms with van der Waals surface area (Å²) in [7, 11) is 6.30. The number of likely N-dealkylation sites (N-methyl/N-ethyl adjacent to an activating group) is 1. The van der Waals surface area contributed by atoms with E-state index in [1.807, 2.05) is 6.08 Å². The van der Waals surface area contributed by atoms with E-state index in [0.29, 0.717) is 11.1 Å². The molecule has 0 spiro atoms.